The first-order valence-corrected chi connectivity index (χ1v) is 9.47. The van der Waals surface area contributed by atoms with Crippen LogP contribution in [0.3, 0.4) is 0 Å². The predicted octanol–water partition coefficient (Wildman–Crippen LogP) is 2.55. The van der Waals surface area contributed by atoms with Gasteiger partial charge < -0.3 is 9.64 Å². The molecule has 0 aliphatic carbocycles. The summed E-state index contributed by atoms with van der Waals surface area (Å²) < 4.78 is 5.50. The van der Waals surface area contributed by atoms with Crippen LogP contribution in [0.2, 0.25) is 0 Å². The van der Waals surface area contributed by atoms with Gasteiger partial charge in [0.05, 0.1) is 18.6 Å². The first kappa shape index (κ1) is 15.3. The number of anilines is 1. The number of hydrogen-bond acceptors (Lipinski definition) is 6. The molecule has 4 heterocycles. The number of morpholine rings is 1. The van der Waals surface area contributed by atoms with Crippen molar-refractivity contribution in [3.8, 4) is 0 Å². The maximum absolute atomic E-state index is 5.50. The molecular formula is C17H24N4OS. The Labute approximate surface area is 141 Å². The van der Waals surface area contributed by atoms with E-state index in [1.54, 1.807) is 17.7 Å². The highest BCUT2D eigenvalue weighted by molar-refractivity contribution is 7.18. The quantitative estimate of drug-likeness (QED) is 0.864. The van der Waals surface area contributed by atoms with Gasteiger partial charge in [0.25, 0.3) is 0 Å². The van der Waals surface area contributed by atoms with Crippen molar-refractivity contribution in [3.05, 3.63) is 17.3 Å². The summed E-state index contributed by atoms with van der Waals surface area (Å²) in [6, 6.07) is 2.91. The Hall–Kier alpha value is -1.24. The molecule has 1 atom stereocenters. The summed E-state index contributed by atoms with van der Waals surface area (Å²) in [6.07, 6.45) is 5.32. The maximum atomic E-state index is 5.50. The van der Waals surface area contributed by atoms with Crippen LogP contribution >= 0.6 is 11.3 Å². The number of piperidine rings is 1. The summed E-state index contributed by atoms with van der Waals surface area (Å²) in [7, 11) is 0. The molecule has 2 aliphatic heterocycles. The van der Waals surface area contributed by atoms with E-state index >= 15 is 0 Å². The molecule has 0 spiro atoms. The van der Waals surface area contributed by atoms with E-state index < -0.39 is 0 Å². The van der Waals surface area contributed by atoms with Crippen LogP contribution in [0.15, 0.2) is 12.4 Å². The standard InChI is InChI=1S/C17H24N4OS/c1-2-14-10-15-16(18-12-19-17(15)23-14)21-5-3-4-13(11-21)20-6-8-22-9-7-20/h10,12-13H,2-9,11H2,1H3. The molecule has 0 N–H and O–H groups in total. The Morgan fingerprint density at radius 3 is 2.96 bits per heavy atom. The Balaban J connectivity index is 1.58. The van der Waals surface area contributed by atoms with Gasteiger partial charge in [-0.05, 0) is 25.3 Å². The van der Waals surface area contributed by atoms with Crippen LogP contribution in [0.5, 0.6) is 0 Å². The molecule has 2 aromatic rings. The van der Waals surface area contributed by atoms with Crippen molar-refractivity contribution in [1.29, 1.82) is 0 Å². The van der Waals surface area contributed by atoms with Gasteiger partial charge in [-0.1, -0.05) is 6.92 Å². The van der Waals surface area contributed by atoms with Gasteiger partial charge in [0.1, 0.15) is 17.0 Å². The molecule has 0 radical (unpaired) electrons. The molecule has 2 fully saturated rings. The molecule has 2 aromatic heterocycles. The van der Waals surface area contributed by atoms with Gasteiger partial charge in [-0.3, -0.25) is 4.90 Å². The van der Waals surface area contributed by atoms with E-state index in [-0.39, 0.29) is 0 Å². The smallest absolute Gasteiger partial charge is 0.140 e. The molecular weight excluding hydrogens is 308 g/mol. The second-order valence-corrected chi connectivity index (χ2v) is 7.49. The SMILES string of the molecule is CCc1cc2c(N3CCCC(N4CCOCC4)C3)ncnc2s1. The van der Waals surface area contributed by atoms with Crippen molar-refractivity contribution >= 4 is 27.4 Å². The summed E-state index contributed by atoms with van der Waals surface area (Å²) in [5.74, 6) is 1.13. The number of hydrogen-bond donors (Lipinski definition) is 0. The molecule has 5 nitrogen and oxygen atoms in total. The Morgan fingerprint density at radius 2 is 2.13 bits per heavy atom. The normalized spacial score (nSPS) is 23.5. The van der Waals surface area contributed by atoms with Gasteiger partial charge in [-0.25, -0.2) is 9.97 Å². The minimum Gasteiger partial charge on any atom is -0.379 e. The lowest BCUT2D eigenvalue weighted by Gasteiger charge is -2.41. The number of rotatable bonds is 3. The van der Waals surface area contributed by atoms with Gasteiger partial charge in [-0.15, -0.1) is 11.3 Å². The zero-order chi connectivity index (χ0) is 15.6. The van der Waals surface area contributed by atoms with E-state index in [2.05, 4.69) is 32.8 Å². The number of aromatic nitrogens is 2. The lowest BCUT2D eigenvalue weighted by molar-refractivity contribution is 0.0137. The average molecular weight is 332 g/mol. The summed E-state index contributed by atoms with van der Waals surface area (Å²) >= 11 is 1.80. The van der Waals surface area contributed by atoms with Gasteiger partial charge in [-0.2, -0.15) is 0 Å². The molecule has 2 aliphatic rings. The monoisotopic (exact) mass is 332 g/mol. The largest absolute Gasteiger partial charge is 0.379 e. The topological polar surface area (TPSA) is 41.5 Å². The van der Waals surface area contributed by atoms with E-state index in [4.69, 9.17) is 4.74 Å². The zero-order valence-corrected chi connectivity index (χ0v) is 14.5. The van der Waals surface area contributed by atoms with Gasteiger partial charge in [0.15, 0.2) is 0 Å². The Bertz CT molecular complexity index is 668. The number of nitrogens with zero attached hydrogens (tertiary/aromatic N) is 4. The Morgan fingerprint density at radius 1 is 1.26 bits per heavy atom. The molecule has 0 saturated carbocycles. The van der Waals surface area contributed by atoms with E-state index in [1.165, 1.54) is 23.1 Å². The first-order chi connectivity index (χ1) is 11.3. The second-order valence-electron chi connectivity index (χ2n) is 6.37. The minimum atomic E-state index is 0.627. The molecule has 4 rings (SSSR count). The van der Waals surface area contributed by atoms with E-state index in [0.29, 0.717) is 6.04 Å². The molecule has 2 saturated heterocycles. The number of thiophene rings is 1. The molecule has 124 valence electrons. The van der Waals surface area contributed by atoms with Crippen molar-refractivity contribution in [1.82, 2.24) is 14.9 Å². The van der Waals surface area contributed by atoms with Gasteiger partial charge in [0, 0.05) is 37.1 Å². The fraction of sp³-hybridized carbons (Fsp3) is 0.647. The molecule has 23 heavy (non-hydrogen) atoms. The third kappa shape index (κ3) is 3.07. The molecule has 1 unspecified atom stereocenters. The van der Waals surface area contributed by atoms with Crippen molar-refractivity contribution in [3.63, 3.8) is 0 Å². The highest BCUT2D eigenvalue weighted by atomic mass is 32.1. The number of ether oxygens (including phenoxy) is 1. The van der Waals surface area contributed by atoms with Crippen LogP contribution in [-0.2, 0) is 11.2 Å². The molecule has 0 aromatic carbocycles. The molecule has 0 bridgehead atoms. The van der Waals surface area contributed by atoms with E-state index in [9.17, 15) is 0 Å². The fourth-order valence-corrected chi connectivity index (χ4v) is 4.64. The van der Waals surface area contributed by atoms with Crippen molar-refractivity contribution < 1.29 is 4.74 Å². The van der Waals surface area contributed by atoms with Gasteiger partial charge >= 0.3 is 0 Å². The second kappa shape index (κ2) is 6.71. The summed E-state index contributed by atoms with van der Waals surface area (Å²) in [5.41, 5.74) is 0. The van der Waals surface area contributed by atoms with Crippen molar-refractivity contribution in [2.24, 2.45) is 0 Å². The highest BCUT2D eigenvalue weighted by Crippen LogP contribution is 2.32. The van der Waals surface area contributed by atoms with Crippen LogP contribution in [0, 0.1) is 0 Å². The van der Waals surface area contributed by atoms with Crippen LogP contribution in [0.4, 0.5) is 5.82 Å². The number of aryl methyl sites for hydroxylation is 1. The zero-order valence-electron chi connectivity index (χ0n) is 13.7. The summed E-state index contributed by atoms with van der Waals surface area (Å²) in [6.45, 7) is 8.25. The lowest BCUT2D eigenvalue weighted by Crippen LogP contribution is -2.51. The van der Waals surface area contributed by atoms with Crippen molar-refractivity contribution in [2.45, 2.75) is 32.2 Å². The summed E-state index contributed by atoms with van der Waals surface area (Å²) in [5, 5.41) is 1.23. The molecule has 0 amide bonds. The van der Waals surface area contributed by atoms with Crippen molar-refractivity contribution in [2.75, 3.05) is 44.3 Å². The first-order valence-electron chi connectivity index (χ1n) is 8.65. The minimum absolute atomic E-state index is 0.627. The van der Waals surface area contributed by atoms with Crippen LogP contribution in [0.25, 0.3) is 10.2 Å². The van der Waals surface area contributed by atoms with Crippen LogP contribution < -0.4 is 4.90 Å². The Kier molecular flexibility index (Phi) is 4.46. The number of fused-ring (bicyclic) bond motifs is 1. The van der Waals surface area contributed by atoms with E-state index in [1.807, 2.05) is 0 Å². The van der Waals surface area contributed by atoms with Crippen LogP contribution in [-0.4, -0.2) is 60.3 Å². The third-order valence-electron chi connectivity index (χ3n) is 4.97. The maximum Gasteiger partial charge on any atom is 0.140 e. The predicted molar refractivity (Wildman–Crippen MR) is 94.4 cm³/mol. The van der Waals surface area contributed by atoms with Crippen LogP contribution in [0.1, 0.15) is 24.6 Å². The average Bonchev–Trinajstić information content (AvgIpc) is 3.06. The summed E-state index contributed by atoms with van der Waals surface area (Å²) in [4.78, 5) is 16.7. The highest BCUT2D eigenvalue weighted by Gasteiger charge is 2.28. The third-order valence-corrected chi connectivity index (χ3v) is 6.15. The lowest BCUT2D eigenvalue weighted by atomic mass is 10.0. The molecule has 6 heteroatoms. The fourth-order valence-electron chi connectivity index (χ4n) is 3.71. The van der Waals surface area contributed by atoms with Gasteiger partial charge in [0.2, 0.25) is 0 Å². The van der Waals surface area contributed by atoms with E-state index in [0.717, 1.165) is 56.5 Å².